The van der Waals surface area contributed by atoms with Gasteiger partial charge in [-0.15, -0.1) is 0 Å². The predicted octanol–water partition coefficient (Wildman–Crippen LogP) is 5.13. The molecule has 0 saturated heterocycles. The van der Waals surface area contributed by atoms with Gasteiger partial charge in [0.05, 0.1) is 16.1 Å². The Kier molecular flexibility index (Phi) is 9.82. The van der Waals surface area contributed by atoms with Crippen molar-refractivity contribution >= 4 is 49.2 Å². The molecule has 0 aliphatic heterocycles. The van der Waals surface area contributed by atoms with Gasteiger partial charge in [-0.05, 0) is 50.8 Å². The number of rotatable bonds is 11. The largest absolute Gasteiger partial charge is 0.390 e. The lowest BCUT2D eigenvalue weighted by Crippen LogP contribution is -2.46. The number of halogens is 3. The fourth-order valence-corrected chi connectivity index (χ4v) is 6.34. The van der Waals surface area contributed by atoms with Crippen molar-refractivity contribution in [1.82, 2.24) is 9.62 Å². The maximum atomic E-state index is 12.9. The molecule has 2 rings (SSSR count). The summed E-state index contributed by atoms with van der Waals surface area (Å²) in [4.78, 5) is -0.164. The van der Waals surface area contributed by atoms with E-state index in [-0.39, 0.29) is 33.6 Å². The second-order valence-corrected chi connectivity index (χ2v) is 12.0. The molecule has 0 spiro atoms. The number of hydrogen-bond donors (Lipinski definition) is 2. The van der Waals surface area contributed by atoms with Crippen LogP contribution in [-0.2, 0) is 16.4 Å². The van der Waals surface area contributed by atoms with E-state index in [1.54, 1.807) is 0 Å². The summed E-state index contributed by atoms with van der Waals surface area (Å²) < 4.78 is 27.5. The number of nitrogens with one attached hydrogen (secondary N) is 1. The maximum absolute atomic E-state index is 12.9. The summed E-state index contributed by atoms with van der Waals surface area (Å²) in [6.07, 6.45) is 2.03. The van der Waals surface area contributed by atoms with E-state index in [4.69, 9.17) is 23.2 Å². The number of benzene rings is 2. The van der Waals surface area contributed by atoms with Gasteiger partial charge in [-0.1, -0.05) is 69.5 Å². The van der Waals surface area contributed by atoms with Gasteiger partial charge in [0.15, 0.2) is 0 Å². The van der Waals surface area contributed by atoms with Gasteiger partial charge in [0.2, 0.25) is 10.0 Å². The average Bonchev–Trinajstić information content (AvgIpc) is 2.66. The maximum Gasteiger partial charge on any atom is 0.245 e. The molecule has 0 aliphatic rings. The molecule has 31 heavy (non-hydrogen) atoms. The molecule has 0 aliphatic carbocycles. The van der Waals surface area contributed by atoms with Gasteiger partial charge in [-0.25, -0.2) is 8.42 Å². The third-order valence-corrected chi connectivity index (χ3v) is 8.23. The van der Waals surface area contributed by atoms with Crippen molar-refractivity contribution in [3.05, 3.63) is 62.5 Å². The zero-order chi connectivity index (χ0) is 23.2. The number of nitrogens with zero attached hydrogens (tertiary/aromatic N) is 1. The molecule has 0 amide bonds. The molecule has 0 saturated carbocycles. The van der Waals surface area contributed by atoms with Crippen LogP contribution in [0, 0.1) is 0 Å². The first-order chi connectivity index (χ1) is 14.4. The van der Waals surface area contributed by atoms with Crippen molar-refractivity contribution in [2.45, 2.75) is 49.6 Å². The van der Waals surface area contributed by atoms with Crippen molar-refractivity contribution in [3.8, 4) is 0 Å². The van der Waals surface area contributed by atoms with Crippen LogP contribution in [0.2, 0.25) is 10.0 Å². The van der Waals surface area contributed by atoms with Crippen molar-refractivity contribution < 1.29 is 13.5 Å². The van der Waals surface area contributed by atoms with Crippen LogP contribution < -0.4 is 5.32 Å². The first-order valence-electron chi connectivity index (χ1n) is 10.0. The van der Waals surface area contributed by atoms with Crippen LogP contribution in [0.25, 0.3) is 0 Å². The summed E-state index contributed by atoms with van der Waals surface area (Å²) in [5, 5.41) is 13.8. The minimum Gasteiger partial charge on any atom is -0.390 e. The van der Waals surface area contributed by atoms with Gasteiger partial charge in [0, 0.05) is 30.1 Å². The molecule has 2 N–H and O–H groups in total. The highest BCUT2D eigenvalue weighted by Gasteiger charge is 2.29. The summed E-state index contributed by atoms with van der Waals surface area (Å²) in [6, 6.07) is 13.3. The first-order valence-corrected chi connectivity index (χ1v) is 13.0. The highest BCUT2D eigenvalue weighted by atomic mass is 79.9. The van der Waals surface area contributed by atoms with Gasteiger partial charge in [0.25, 0.3) is 0 Å². The molecule has 5 nitrogen and oxygen atoms in total. The van der Waals surface area contributed by atoms with Gasteiger partial charge >= 0.3 is 0 Å². The Morgan fingerprint density at radius 1 is 1.16 bits per heavy atom. The number of sulfonamides is 1. The quantitative estimate of drug-likeness (QED) is 0.406. The monoisotopic (exact) mass is 550 g/mol. The van der Waals surface area contributed by atoms with Crippen LogP contribution >= 0.6 is 39.1 Å². The van der Waals surface area contributed by atoms with Crippen molar-refractivity contribution in [2.24, 2.45) is 0 Å². The van der Waals surface area contributed by atoms with E-state index in [2.05, 4.69) is 47.2 Å². The second kappa shape index (κ2) is 11.5. The number of aliphatic hydroxyl groups excluding tert-OH is 1. The lowest BCUT2D eigenvalue weighted by Gasteiger charge is -2.29. The minimum atomic E-state index is -3.95. The lowest BCUT2D eigenvalue weighted by atomic mass is 9.95. The van der Waals surface area contributed by atoms with Gasteiger partial charge in [-0.3, -0.25) is 0 Å². The summed E-state index contributed by atoms with van der Waals surface area (Å²) in [7, 11) is -2.55. The molecule has 1 unspecified atom stereocenters. The number of β-amino-alcohol motifs (C(OH)–C–C–N with tert-alkyl or cyclic N) is 1. The third kappa shape index (κ3) is 8.00. The van der Waals surface area contributed by atoms with Crippen molar-refractivity contribution in [2.75, 3.05) is 20.1 Å². The summed E-state index contributed by atoms with van der Waals surface area (Å²) in [5.74, 6) is 0. The molecule has 2 aromatic rings. The molecule has 9 heteroatoms. The fourth-order valence-electron chi connectivity index (χ4n) is 3.25. The summed E-state index contributed by atoms with van der Waals surface area (Å²) in [5.41, 5.74) is 1.11. The molecular weight excluding hydrogens is 523 g/mol. The SMILES string of the molecule is CN(CC(O)CNC(C)(C)CCCc1ccccc1)S(=O)(=O)c1c(Cl)cc(Br)cc1Cl. The van der Waals surface area contributed by atoms with E-state index in [1.807, 2.05) is 18.2 Å². The standard InChI is InChI=1S/C22H29BrCl2N2O3S/c1-22(2,11-7-10-16-8-5-4-6-9-16)26-14-18(28)15-27(3)31(29,30)21-19(24)12-17(23)13-20(21)25/h4-6,8-9,12-13,18,26,28H,7,10-11,14-15H2,1-3H3. The van der Waals surface area contributed by atoms with Crippen LogP contribution in [0.3, 0.4) is 0 Å². The van der Waals surface area contributed by atoms with Gasteiger partial charge < -0.3 is 10.4 Å². The Balaban J connectivity index is 1.89. The fraction of sp³-hybridized carbons (Fsp3) is 0.455. The zero-order valence-electron chi connectivity index (χ0n) is 17.9. The van der Waals surface area contributed by atoms with Crippen LogP contribution in [0.15, 0.2) is 51.8 Å². The van der Waals surface area contributed by atoms with Crippen LogP contribution in [-0.4, -0.2) is 49.6 Å². The number of aryl methyl sites for hydroxylation is 1. The number of likely N-dealkylation sites (N-methyl/N-ethyl adjacent to an activating group) is 1. The summed E-state index contributed by atoms with van der Waals surface area (Å²) >= 11 is 15.5. The molecule has 0 bridgehead atoms. The van der Waals surface area contributed by atoms with Crippen molar-refractivity contribution in [1.29, 1.82) is 0 Å². The van der Waals surface area contributed by atoms with E-state index < -0.39 is 16.1 Å². The molecule has 1 atom stereocenters. The van der Waals surface area contributed by atoms with Crippen molar-refractivity contribution in [3.63, 3.8) is 0 Å². The minimum absolute atomic E-state index is 0.0263. The van der Waals surface area contributed by atoms with E-state index in [1.165, 1.54) is 24.7 Å². The molecule has 2 aromatic carbocycles. The van der Waals surface area contributed by atoms with Crippen LogP contribution in [0.4, 0.5) is 0 Å². The van der Waals surface area contributed by atoms with Gasteiger partial charge in [-0.2, -0.15) is 4.31 Å². The summed E-state index contributed by atoms with van der Waals surface area (Å²) in [6.45, 7) is 4.33. The number of aliphatic hydroxyl groups is 1. The Hall–Kier alpha value is -0.670. The number of hydrogen-bond acceptors (Lipinski definition) is 4. The van der Waals surface area contributed by atoms with Crippen LogP contribution in [0.1, 0.15) is 32.3 Å². The highest BCUT2D eigenvalue weighted by molar-refractivity contribution is 9.10. The third-order valence-electron chi connectivity index (χ3n) is 5.03. The molecule has 0 radical (unpaired) electrons. The Morgan fingerprint density at radius 3 is 2.32 bits per heavy atom. The second-order valence-electron chi connectivity index (χ2n) is 8.24. The van der Waals surface area contributed by atoms with E-state index in [0.29, 0.717) is 4.47 Å². The lowest BCUT2D eigenvalue weighted by molar-refractivity contribution is 0.138. The highest BCUT2D eigenvalue weighted by Crippen LogP contribution is 2.34. The van der Waals surface area contributed by atoms with Crippen LogP contribution in [0.5, 0.6) is 0 Å². The van der Waals surface area contributed by atoms with Gasteiger partial charge in [0.1, 0.15) is 4.90 Å². The smallest absolute Gasteiger partial charge is 0.245 e. The molecular formula is C22H29BrCl2N2O3S. The Morgan fingerprint density at radius 2 is 1.74 bits per heavy atom. The zero-order valence-corrected chi connectivity index (χ0v) is 21.8. The Labute approximate surface area is 203 Å². The topological polar surface area (TPSA) is 69.6 Å². The predicted molar refractivity (Wildman–Crippen MR) is 131 cm³/mol. The molecule has 0 heterocycles. The average molecular weight is 552 g/mol. The molecule has 0 aromatic heterocycles. The van der Waals surface area contributed by atoms with E-state index >= 15 is 0 Å². The van der Waals surface area contributed by atoms with E-state index in [9.17, 15) is 13.5 Å². The first kappa shape index (κ1) is 26.6. The Bertz CT molecular complexity index is 949. The van der Waals surface area contributed by atoms with E-state index in [0.717, 1.165) is 23.6 Å². The molecule has 172 valence electrons. The molecule has 0 fully saturated rings. The normalized spacial score (nSPS) is 13.5.